The molecule has 35 heavy (non-hydrogen) atoms. The van der Waals surface area contributed by atoms with Crippen LogP contribution in [0.3, 0.4) is 0 Å². The quantitative estimate of drug-likeness (QED) is 0.417. The van der Waals surface area contributed by atoms with Crippen LogP contribution >= 0.6 is 15.9 Å². The number of benzene rings is 1. The fourth-order valence-corrected chi connectivity index (χ4v) is 4.40. The molecule has 0 aliphatic carbocycles. The topological polar surface area (TPSA) is 106 Å². The van der Waals surface area contributed by atoms with Crippen LogP contribution < -0.4 is 9.64 Å². The second-order valence-electron chi connectivity index (χ2n) is 8.92. The third-order valence-corrected chi connectivity index (χ3v) is 6.26. The highest BCUT2D eigenvalue weighted by Crippen LogP contribution is 2.40. The summed E-state index contributed by atoms with van der Waals surface area (Å²) in [6, 6.07) is 2.97. The molecule has 1 N–H and O–H groups in total. The molecule has 5 rings (SSSR count). The normalized spacial score (nSPS) is 15.9. The van der Waals surface area contributed by atoms with Gasteiger partial charge in [0, 0.05) is 28.6 Å². The molecule has 1 amide bonds. The number of anilines is 1. The Bertz CT molecular complexity index is 1470. The van der Waals surface area contributed by atoms with Gasteiger partial charge >= 0.3 is 0 Å². The minimum Gasteiger partial charge on any atom is -0.476 e. The number of hydrogen-bond acceptors (Lipinski definition) is 7. The third-order valence-electron chi connectivity index (χ3n) is 5.80. The number of amides is 1. The number of ether oxygens (including phenoxy) is 1. The Morgan fingerprint density at radius 1 is 1.20 bits per heavy atom. The smallest absolute Gasteiger partial charge is 0.268 e. The summed E-state index contributed by atoms with van der Waals surface area (Å²) in [5, 5.41) is 10.1. The van der Waals surface area contributed by atoms with Gasteiger partial charge in [-0.3, -0.25) is 19.1 Å². The molecular weight excluding hydrogens is 519 g/mol. The van der Waals surface area contributed by atoms with Gasteiger partial charge in [0.1, 0.15) is 5.60 Å². The van der Waals surface area contributed by atoms with E-state index in [9.17, 15) is 14.3 Å². The van der Waals surface area contributed by atoms with Crippen LogP contribution in [0.15, 0.2) is 41.4 Å². The molecule has 0 fully saturated rings. The first-order valence-corrected chi connectivity index (χ1v) is 11.7. The molecular formula is C24H22BrFN6O3. The van der Waals surface area contributed by atoms with Crippen LogP contribution in [0.4, 0.5) is 10.1 Å². The number of imidazole rings is 1. The first kappa shape index (κ1) is 23.3. The van der Waals surface area contributed by atoms with Gasteiger partial charge in [-0.2, -0.15) is 0 Å². The lowest BCUT2D eigenvalue weighted by molar-refractivity contribution is -0.125. The van der Waals surface area contributed by atoms with Crippen molar-refractivity contribution in [2.45, 2.75) is 45.9 Å². The second kappa shape index (κ2) is 8.35. The van der Waals surface area contributed by atoms with Crippen LogP contribution in [0.25, 0.3) is 16.9 Å². The van der Waals surface area contributed by atoms with E-state index in [4.69, 9.17) is 4.74 Å². The van der Waals surface area contributed by atoms with Gasteiger partial charge in [-0.05, 0) is 39.8 Å². The van der Waals surface area contributed by atoms with Crippen molar-refractivity contribution in [2.75, 3.05) is 4.90 Å². The van der Waals surface area contributed by atoms with Crippen molar-refractivity contribution in [3.63, 3.8) is 0 Å². The van der Waals surface area contributed by atoms with Crippen molar-refractivity contribution in [1.82, 2.24) is 24.3 Å². The maximum Gasteiger partial charge on any atom is 0.268 e. The molecule has 3 aromatic heterocycles. The predicted molar refractivity (Wildman–Crippen MR) is 129 cm³/mol. The number of carbonyl (C=O) groups excluding carboxylic acids is 1. The molecule has 0 saturated carbocycles. The standard InChI is InChI=1S/C24H22BrFN6O3/c1-12-19(11-32-18-6-15(25)5-16(26)21(18)35-13(2)22(32)33)31-10-17(27-9-20(31)30-12)14-7-28-23(29-8-14)24(3,4)34/h5-10,13,34H,11H2,1-4H3/t13-/m1/s1. The van der Waals surface area contributed by atoms with E-state index >= 15 is 0 Å². The zero-order valence-electron chi connectivity index (χ0n) is 19.5. The van der Waals surface area contributed by atoms with Crippen molar-refractivity contribution in [3.8, 4) is 17.0 Å². The Morgan fingerprint density at radius 2 is 1.91 bits per heavy atom. The lowest BCUT2D eigenvalue weighted by Crippen LogP contribution is -2.44. The first-order valence-electron chi connectivity index (χ1n) is 10.9. The van der Waals surface area contributed by atoms with E-state index in [2.05, 4.69) is 35.9 Å². The van der Waals surface area contributed by atoms with E-state index < -0.39 is 17.5 Å². The number of hydrogen-bond donors (Lipinski definition) is 1. The van der Waals surface area contributed by atoms with Crippen molar-refractivity contribution in [3.05, 3.63) is 64.4 Å². The first-order chi connectivity index (χ1) is 16.5. The van der Waals surface area contributed by atoms with Gasteiger partial charge in [-0.1, -0.05) is 15.9 Å². The van der Waals surface area contributed by atoms with Gasteiger partial charge in [0.15, 0.2) is 29.1 Å². The molecule has 0 saturated heterocycles. The summed E-state index contributed by atoms with van der Waals surface area (Å²) in [7, 11) is 0. The Hall–Kier alpha value is -3.44. The SMILES string of the molecule is Cc1nc2cnc(-c3cnc(C(C)(C)O)nc3)cn2c1CN1C(=O)[C@@H](C)Oc2c(F)cc(Br)cc21. The number of aryl methyl sites for hydroxylation is 1. The fourth-order valence-electron chi connectivity index (χ4n) is 3.98. The molecule has 4 heterocycles. The molecule has 9 nitrogen and oxygen atoms in total. The number of fused-ring (bicyclic) bond motifs is 2. The number of rotatable bonds is 4. The van der Waals surface area contributed by atoms with Crippen LogP contribution in [0.1, 0.15) is 38.0 Å². The lowest BCUT2D eigenvalue weighted by atomic mass is 10.1. The van der Waals surface area contributed by atoms with Gasteiger partial charge in [-0.15, -0.1) is 0 Å². The summed E-state index contributed by atoms with van der Waals surface area (Å²) < 4.78 is 22.5. The molecule has 180 valence electrons. The molecule has 0 radical (unpaired) electrons. The maximum atomic E-state index is 14.6. The minimum absolute atomic E-state index is 0.0400. The van der Waals surface area contributed by atoms with Crippen LogP contribution in [-0.2, 0) is 16.9 Å². The predicted octanol–water partition coefficient (Wildman–Crippen LogP) is 3.94. The van der Waals surface area contributed by atoms with Gasteiger partial charge < -0.3 is 9.84 Å². The van der Waals surface area contributed by atoms with Crippen molar-refractivity contribution in [1.29, 1.82) is 0 Å². The molecule has 1 atom stereocenters. The number of aliphatic hydroxyl groups is 1. The number of aromatic nitrogens is 5. The summed E-state index contributed by atoms with van der Waals surface area (Å²) in [6.07, 6.45) is 5.79. The summed E-state index contributed by atoms with van der Waals surface area (Å²) in [5.41, 5.74) is 2.49. The zero-order chi connectivity index (χ0) is 25.1. The maximum absolute atomic E-state index is 14.6. The molecule has 4 aromatic rings. The third kappa shape index (κ3) is 4.14. The van der Waals surface area contributed by atoms with E-state index in [0.717, 1.165) is 5.69 Å². The highest BCUT2D eigenvalue weighted by molar-refractivity contribution is 9.10. The van der Waals surface area contributed by atoms with E-state index in [1.807, 2.05) is 11.3 Å². The lowest BCUT2D eigenvalue weighted by Gasteiger charge is -2.33. The van der Waals surface area contributed by atoms with E-state index in [0.29, 0.717) is 38.6 Å². The van der Waals surface area contributed by atoms with Gasteiger partial charge in [-0.25, -0.2) is 19.3 Å². The molecule has 11 heteroatoms. The molecule has 1 aromatic carbocycles. The molecule has 1 aliphatic heterocycles. The second-order valence-corrected chi connectivity index (χ2v) is 9.84. The fraction of sp³-hybridized carbons (Fsp3) is 0.292. The molecule has 1 aliphatic rings. The van der Waals surface area contributed by atoms with Crippen LogP contribution in [0, 0.1) is 12.7 Å². The Labute approximate surface area is 208 Å². The summed E-state index contributed by atoms with van der Waals surface area (Å²) >= 11 is 3.30. The number of nitrogens with zero attached hydrogens (tertiary/aromatic N) is 6. The highest BCUT2D eigenvalue weighted by atomic mass is 79.9. The minimum atomic E-state index is -1.16. The summed E-state index contributed by atoms with van der Waals surface area (Å²) in [4.78, 5) is 32.1. The summed E-state index contributed by atoms with van der Waals surface area (Å²) in [6.45, 7) is 6.83. The summed E-state index contributed by atoms with van der Waals surface area (Å²) in [5.74, 6) is -0.486. The monoisotopic (exact) mass is 540 g/mol. The average molecular weight is 541 g/mol. The van der Waals surface area contributed by atoms with Crippen molar-refractivity contribution >= 4 is 33.2 Å². The largest absolute Gasteiger partial charge is 0.476 e. The Kier molecular flexibility index (Phi) is 5.56. The van der Waals surface area contributed by atoms with Gasteiger partial charge in [0.25, 0.3) is 5.91 Å². The zero-order valence-corrected chi connectivity index (χ0v) is 21.0. The number of carbonyl (C=O) groups is 1. The molecule has 0 spiro atoms. The van der Waals surface area contributed by atoms with E-state index in [-0.39, 0.29) is 18.2 Å². The Morgan fingerprint density at radius 3 is 2.60 bits per heavy atom. The van der Waals surface area contributed by atoms with Crippen LogP contribution in [-0.4, -0.2) is 41.5 Å². The van der Waals surface area contributed by atoms with Crippen molar-refractivity contribution in [2.24, 2.45) is 0 Å². The highest BCUT2D eigenvalue weighted by Gasteiger charge is 2.34. The molecule has 0 bridgehead atoms. The Balaban J connectivity index is 1.57. The van der Waals surface area contributed by atoms with E-state index in [1.54, 1.807) is 51.6 Å². The van der Waals surface area contributed by atoms with Gasteiger partial charge in [0.2, 0.25) is 0 Å². The van der Waals surface area contributed by atoms with Gasteiger partial charge in [0.05, 0.1) is 35.5 Å². The average Bonchev–Trinajstić information content (AvgIpc) is 3.11. The van der Waals surface area contributed by atoms with Crippen molar-refractivity contribution < 1.29 is 19.0 Å². The van der Waals surface area contributed by atoms with E-state index in [1.165, 1.54) is 11.0 Å². The molecule has 0 unspecified atom stereocenters. The number of halogens is 2. The van der Waals surface area contributed by atoms with Crippen LogP contribution in [0.2, 0.25) is 0 Å². The van der Waals surface area contributed by atoms with Crippen LogP contribution in [0.5, 0.6) is 5.75 Å².